The van der Waals surface area contributed by atoms with Gasteiger partial charge in [0.05, 0.1) is 28.7 Å². The Labute approximate surface area is 181 Å². The van der Waals surface area contributed by atoms with Crippen LogP contribution in [0.2, 0.25) is 0 Å². The molecule has 0 fully saturated rings. The fourth-order valence-corrected chi connectivity index (χ4v) is 3.64. The number of benzene rings is 2. The van der Waals surface area contributed by atoms with Gasteiger partial charge in [-0.15, -0.1) is 0 Å². The van der Waals surface area contributed by atoms with Crippen LogP contribution in [0.3, 0.4) is 0 Å². The van der Waals surface area contributed by atoms with Gasteiger partial charge in [-0.1, -0.05) is 42.0 Å². The fourth-order valence-electron chi connectivity index (χ4n) is 3.64. The molecule has 0 atom stereocenters. The zero-order valence-corrected chi connectivity index (χ0v) is 18.2. The number of hydrazone groups is 1. The molecule has 6 heteroatoms. The van der Waals surface area contributed by atoms with Crippen LogP contribution in [0, 0.1) is 20.8 Å². The summed E-state index contributed by atoms with van der Waals surface area (Å²) in [6.07, 6.45) is 3.53. The minimum atomic E-state index is -0.276. The van der Waals surface area contributed by atoms with Gasteiger partial charge in [-0.3, -0.25) is 9.48 Å². The van der Waals surface area contributed by atoms with Crippen molar-refractivity contribution >= 4 is 23.0 Å². The zero-order valence-electron chi connectivity index (χ0n) is 18.2. The number of nitrogens with one attached hydrogen (secondary N) is 1. The number of fused-ring (bicyclic) bond motifs is 1. The van der Waals surface area contributed by atoms with E-state index in [-0.39, 0.29) is 5.91 Å². The van der Waals surface area contributed by atoms with Gasteiger partial charge < -0.3 is 0 Å². The molecule has 1 amide bonds. The molecule has 2 aromatic carbocycles. The van der Waals surface area contributed by atoms with Crippen LogP contribution in [-0.2, 0) is 6.54 Å². The topological polar surface area (TPSA) is 72.2 Å². The van der Waals surface area contributed by atoms with Gasteiger partial charge in [-0.25, -0.2) is 10.4 Å². The van der Waals surface area contributed by atoms with Crippen molar-refractivity contribution in [1.82, 2.24) is 20.2 Å². The highest BCUT2D eigenvalue weighted by atomic mass is 16.2. The number of para-hydroxylation sites is 1. The van der Waals surface area contributed by atoms with E-state index in [1.807, 2.05) is 55.1 Å². The van der Waals surface area contributed by atoms with E-state index in [0.29, 0.717) is 5.56 Å². The van der Waals surface area contributed by atoms with Crippen LogP contribution >= 0.6 is 0 Å². The number of nitrogens with zero attached hydrogens (tertiary/aromatic N) is 4. The Kier molecular flexibility index (Phi) is 5.62. The SMILES string of the molecule is CCn1cc(/C=N\NC(=O)c2cc(-c3ccc(C)cc3C)nc3ccccc23)c(C)n1. The smallest absolute Gasteiger partial charge is 0.272 e. The van der Waals surface area contributed by atoms with Gasteiger partial charge in [0.2, 0.25) is 0 Å². The number of rotatable bonds is 5. The maximum atomic E-state index is 13.0. The van der Waals surface area contributed by atoms with Crippen molar-refractivity contribution in [3.05, 3.63) is 82.7 Å². The summed E-state index contributed by atoms with van der Waals surface area (Å²) in [7, 11) is 0. The van der Waals surface area contributed by atoms with Crippen LogP contribution in [0.4, 0.5) is 0 Å². The third-order valence-electron chi connectivity index (χ3n) is 5.30. The minimum absolute atomic E-state index is 0.276. The summed E-state index contributed by atoms with van der Waals surface area (Å²) in [5.74, 6) is -0.276. The second-order valence-corrected chi connectivity index (χ2v) is 7.62. The average Bonchev–Trinajstić information content (AvgIpc) is 3.12. The predicted molar refractivity (Wildman–Crippen MR) is 124 cm³/mol. The normalized spacial score (nSPS) is 11.4. The lowest BCUT2D eigenvalue weighted by Crippen LogP contribution is -2.18. The molecule has 0 aliphatic carbocycles. The number of aromatic nitrogens is 3. The molecule has 4 aromatic rings. The second-order valence-electron chi connectivity index (χ2n) is 7.62. The van der Waals surface area contributed by atoms with Gasteiger partial charge in [0, 0.05) is 29.3 Å². The summed E-state index contributed by atoms with van der Waals surface area (Å²) in [6, 6.07) is 15.7. The lowest BCUT2D eigenvalue weighted by Gasteiger charge is -2.11. The number of amides is 1. The molecule has 0 unspecified atom stereocenters. The highest BCUT2D eigenvalue weighted by Gasteiger charge is 2.14. The van der Waals surface area contributed by atoms with Crippen LogP contribution in [0.1, 0.15) is 39.7 Å². The molecular weight excluding hydrogens is 386 g/mol. The molecule has 0 spiro atoms. The molecule has 2 heterocycles. The van der Waals surface area contributed by atoms with Gasteiger partial charge in [-0.05, 0) is 45.4 Å². The van der Waals surface area contributed by atoms with E-state index >= 15 is 0 Å². The monoisotopic (exact) mass is 411 g/mol. The number of carbonyl (C=O) groups is 1. The average molecular weight is 412 g/mol. The number of hydrogen-bond acceptors (Lipinski definition) is 4. The molecule has 4 rings (SSSR count). The summed E-state index contributed by atoms with van der Waals surface area (Å²) < 4.78 is 1.84. The van der Waals surface area contributed by atoms with E-state index < -0.39 is 0 Å². The highest BCUT2D eigenvalue weighted by Crippen LogP contribution is 2.27. The maximum absolute atomic E-state index is 13.0. The van der Waals surface area contributed by atoms with E-state index in [0.717, 1.165) is 45.5 Å². The zero-order chi connectivity index (χ0) is 22.0. The first-order valence-electron chi connectivity index (χ1n) is 10.3. The molecular formula is C25H25N5O. The quantitative estimate of drug-likeness (QED) is 0.378. The minimum Gasteiger partial charge on any atom is -0.272 e. The van der Waals surface area contributed by atoms with Crippen LogP contribution in [0.25, 0.3) is 22.2 Å². The van der Waals surface area contributed by atoms with E-state index in [9.17, 15) is 4.79 Å². The summed E-state index contributed by atoms with van der Waals surface area (Å²) in [4.78, 5) is 17.8. The largest absolute Gasteiger partial charge is 0.272 e. The summed E-state index contributed by atoms with van der Waals surface area (Å²) >= 11 is 0. The first kappa shape index (κ1) is 20.5. The van der Waals surface area contributed by atoms with Gasteiger partial charge in [0.1, 0.15) is 0 Å². The highest BCUT2D eigenvalue weighted by molar-refractivity contribution is 6.07. The van der Waals surface area contributed by atoms with E-state index in [2.05, 4.69) is 47.7 Å². The Hall–Kier alpha value is -3.80. The fraction of sp³-hybridized carbons (Fsp3) is 0.200. The van der Waals surface area contributed by atoms with Crippen LogP contribution in [-0.4, -0.2) is 26.9 Å². The lowest BCUT2D eigenvalue weighted by atomic mass is 9.99. The molecule has 0 aliphatic heterocycles. The standard InChI is InChI=1S/C25H25N5O/c1-5-30-15-19(18(4)29-30)14-26-28-25(31)22-13-24(20-11-10-16(2)12-17(20)3)27-23-9-7-6-8-21(22)23/h6-15H,5H2,1-4H3,(H,28,31)/b26-14-. The van der Waals surface area contributed by atoms with Gasteiger partial charge >= 0.3 is 0 Å². The first-order valence-corrected chi connectivity index (χ1v) is 10.3. The number of aryl methyl sites for hydroxylation is 4. The van der Waals surface area contributed by atoms with Crippen molar-refractivity contribution in [1.29, 1.82) is 0 Å². The molecule has 2 aromatic heterocycles. The van der Waals surface area contributed by atoms with Crippen LogP contribution in [0.15, 0.2) is 59.8 Å². The van der Waals surface area contributed by atoms with Gasteiger partial charge in [-0.2, -0.15) is 10.2 Å². The molecule has 6 nitrogen and oxygen atoms in total. The van der Waals surface area contributed by atoms with E-state index in [1.165, 1.54) is 5.56 Å². The molecule has 0 aliphatic rings. The van der Waals surface area contributed by atoms with E-state index in [4.69, 9.17) is 4.98 Å². The molecule has 0 radical (unpaired) electrons. The van der Waals surface area contributed by atoms with Gasteiger partial charge in [0.25, 0.3) is 5.91 Å². The molecule has 156 valence electrons. The number of hydrogen-bond donors (Lipinski definition) is 1. The van der Waals surface area contributed by atoms with Crippen molar-refractivity contribution in [2.24, 2.45) is 5.10 Å². The molecule has 31 heavy (non-hydrogen) atoms. The van der Waals surface area contributed by atoms with Crippen molar-refractivity contribution in [2.45, 2.75) is 34.2 Å². The van der Waals surface area contributed by atoms with E-state index in [1.54, 1.807) is 6.21 Å². The Bertz CT molecular complexity index is 1300. The Morgan fingerprint density at radius 2 is 1.94 bits per heavy atom. The molecule has 0 bridgehead atoms. The number of carbonyl (C=O) groups excluding carboxylic acids is 1. The van der Waals surface area contributed by atoms with Crippen LogP contribution < -0.4 is 5.43 Å². The maximum Gasteiger partial charge on any atom is 0.272 e. The predicted octanol–water partition coefficient (Wildman–Crippen LogP) is 4.81. The number of pyridine rings is 1. The first-order chi connectivity index (χ1) is 15.0. The lowest BCUT2D eigenvalue weighted by molar-refractivity contribution is 0.0956. The summed E-state index contributed by atoms with van der Waals surface area (Å²) in [5, 5.41) is 9.35. The van der Waals surface area contributed by atoms with Crippen molar-refractivity contribution < 1.29 is 4.79 Å². The molecule has 1 N–H and O–H groups in total. The third-order valence-corrected chi connectivity index (χ3v) is 5.30. The Morgan fingerprint density at radius 3 is 2.68 bits per heavy atom. The molecule has 0 saturated carbocycles. The summed E-state index contributed by atoms with van der Waals surface area (Å²) in [6.45, 7) is 8.85. The summed E-state index contributed by atoms with van der Waals surface area (Å²) in [5.41, 5.74) is 9.81. The van der Waals surface area contributed by atoms with Gasteiger partial charge in [0.15, 0.2) is 0 Å². The van der Waals surface area contributed by atoms with Crippen LogP contribution in [0.5, 0.6) is 0 Å². The van der Waals surface area contributed by atoms with Crippen molar-refractivity contribution in [3.63, 3.8) is 0 Å². The third kappa shape index (κ3) is 4.23. The second kappa shape index (κ2) is 8.52. The molecule has 0 saturated heterocycles. The Balaban J connectivity index is 1.69. The van der Waals surface area contributed by atoms with Crippen molar-refractivity contribution in [2.75, 3.05) is 0 Å². The Morgan fingerprint density at radius 1 is 1.13 bits per heavy atom. The van der Waals surface area contributed by atoms with Crippen molar-refractivity contribution in [3.8, 4) is 11.3 Å².